The monoisotopic (exact) mass is 358 g/mol. The van der Waals surface area contributed by atoms with Gasteiger partial charge in [-0.3, -0.25) is 9.69 Å². The largest absolute Gasteiger partial charge is 0.350 e. The molecule has 1 aliphatic heterocycles. The molecule has 0 bridgehead atoms. The van der Waals surface area contributed by atoms with E-state index in [0.29, 0.717) is 6.04 Å². The average molecular weight is 359 g/mol. The van der Waals surface area contributed by atoms with E-state index in [1.807, 2.05) is 36.0 Å². The van der Waals surface area contributed by atoms with Gasteiger partial charge in [-0.25, -0.2) is 4.98 Å². The molecule has 1 fully saturated rings. The van der Waals surface area contributed by atoms with Crippen molar-refractivity contribution in [1.82, 2.24) is 19.8 Å². The Labute approximate surface area is 153 Å². The van der Waals surface area contributed by atoms with Crippen molar-refractivity contribution in [3.63, 3.8) is 0 Å². The number of carbonyl (C=O) groups excluding carboxylic acids is 1. The highest BCUT2D eigenvalue weighted by atomic mass is 32.2. The minimum atomic E-state index is 0.0202. The number of thioether (sulfide) groups is 1. The molecule has 1 aliphatic rings. The van der Waals surface area contributed by atoms with E-state index in [0.717, 1.165) is 41.7 Å². The number of nitrogens with one attached hydrogen (secondary N) is 1. The van der Waals surface area contributed by atoms with Crippen molar-refractivity contribution in [3.05, 3.63) is 47.8 Å². The van der Waals surface area contributed by atoms with E-state index in [1.54, 1.807) is 18.0 Å². The van der Waals surface area contributed by atoms with Crippen LogP contribution in [0.2, 0.25) is 0 Å². The zero-order valence-electron chi connectivity index (χ0n) is 14.9. The van der Waals surface area contributed by atoms with Crippen molar-refractivity contribution >= 4 is 17.7 Å². The maximum absolute atomic E-state index is 12.5. The lowest BCUT2D eigenvalue weighted by molar-refractivity contribution is 0.0941. The Morgan fingerprint density at radius 2 is 2.32 bits per heavy atom. The molecule has 2 heterocycles. The fraction of sp³-hybridized carbons (Fsp3) is 0.474. The second kappa shape index (κ2) is 8.54. The summed E-state index contributed by atoms with van der Waals surface area (Å²) in [7, 11) is 1.99. The van der Waals surface area contributed by atoms with Crippen LogP contribution in [0.5, 0.6) is 0 Å². The molecule has 1 unspecified atom stereocenters. The Hall–Kier alpha value is -1.79. The van der Waals surface area contributed by atoms with E-state index < -0.39 is 0 Å². The van der Waals surface area contributed by atoms with Crippen LogP contribution in [-0.2, 0) is 12.8 Å². The van der Waals surface area contributed by atoms with Crippen LogP contribution in [0.15, 0.2) is 41.8 Å². The van der Waals surface area contributed by atoms with Gasteiger partial charge < -0.3 is 9.88 Å². The van der Waals surface area contributed by atoms with Gasteiger partial charge in [0.1, 0.15) is 0 Å². The number of amides is 1. The minimum Gasteiger partial charge on any atom is -0.350 e. The number of imidazole rings is 1. The van der Waals surface area contributed by atoms with Gasteiger partial charge in [-0.15, -0.1) is 0 Å². The summed E-state index contributed by atoms with van der Waals surface area (Å²) in [6.45, 7) is 5.12. The molecule has 0 spiro atoms. The van der Waals surface area contributed by atoms with Crippen LogP contribution in [0.1, 0.15) is 35.7 Å². The number of hydrogen-bond donors (Lipinski definition) is 1. The highest BCUT2D eigenvalue weighted by molar-refractivity contribution is 7.98. The molecule has 0 radical (unpaired) electrons. The summed E-state index contributed by atoms with van der Waals surface area (Å²) >= 11 is 1.68. The quantitative estimate of drug-likeness (QED) is 0.773. The topological polar surface area (TPSA) is 50.2 Å². The van der Waals surface area contributed by atoms with Crippen LogP contribution < -0.4 is 5.32 Å². The molecule has 0 aliphatic carbocycles. The number of nitrogens with zero attached hydrogens (tertiary/aromatic N) is 3. The zero-order chi connectivity index (χ0) is 17.6. The van der Waals surface area contributed by atoms with Crippen molar-refractivity contribution in [1.29, 1.82) is 0 Å². The molecule has 1 amide bonds. The van der Waals surface area contributed by atoms with Gasteiger partial charge in [0.2, 0.25) is 0 Å². The first-order valence-corrected chi connectivity index (χ1v) is 9.87. The summed E-state index contributed by atoms with van der Waals surface area (Å²) in [5, 5.41) is 4.09. The molecule has 0 saturated carbocycles. The normalized spacial score (nSPS) is 17.8. The third-order valence-corrected chi connectivity index (χ3v) is 5.87. The van der Waals surface area contributed by atoms with Gasteiger partial charge >= 0.3 is 0 Å². The minimum absolute atomic E-state index is 0.0202. The second-order valence-corrected chi connectivity index (χ2v) is 7.39. The maximum atomic E-state index is 12.5. The van der Waals surface area contributed by atoms with Gasteiger partial charge in [-0.05, 0) is 43.6 Å². The van der Waals surface area contributed by atoms with Crippen LogP contribution in [0.25, 0.3) is 0 Å². The van der Waals surface area contributed by atoms with E-state index in [-0.39, 0.29) is 5.91 Å². The number of rotatable bonds is 7. The number of benzene rings is 1. The Bertz CT molecular complexity index is 715. The summed E-state index contributed by atoms with van der Waals surface area (Å²) in [4.78, 5) is 19.2. The lowest BCUT2D eigenvalue weighted by Gasteiger charge is -2.22. The number of carbonyl (C=O) groups is 1. The van der Waals surface area contributed by atoms with Gasteiger partial charge in [-0.1, -0.05) is 30.8 Å². The van der Waals surface area contributed by atoms with E-state index in [1.165, 1.54) is 12.8 Å². The lowest BCUT2D eigenvalue weighted by Crippen LogP contribution is -2.40. The summed E-state index contributed by atoms with van der Waals surface area (Å²) < 4.78 is 2.00. The maximum Gasteiger partial charge on any atom is 0.251 e. The molecule has 25 heavy (non-hydrogen) atoms. The fourth-order valence-electron chi connectivity index (χ4n) is 3.30. The molecular weight excluding hydrogens is 332 g/mol. The van der Waals surface area contributed by atoms with Crippen LogP contribution >= 0.6 is 11.8 Å². The fourth-order valence-corrected chi connectivity index (χ4v) is 4.17. The molecule has 3 rings (SSSR count). The Morgan fingerprint density at radius 1 is 1.44 bits per heavy atom. The van der Waals surface area contributed by atoms with Gasteiger partial charge in [0, 0.05) is 43.3 Å². The molecule has 5 nitrogen and oxygen atoms in total. The molecule has 1 saturated heterocycles. The summed E-state index contributed by atoms with van der Waals surface area (Å²) in [6.07, 6.45) is 6.15. The number of hydrogen-bond acceptors (Lipinski definition) is 4. The second-order valence-electron chi connectivity index (χ2n) is 6.44. The van der Waals surface area contributed by atoms with Crippen molar-refractivity contribution in [3.8, 4) is 0 Å². The first kappa shape index (κ1) is 18.0. The van der Waals surface area contributed by atoms with E-state index in [2.05, 4.69) is 28.2 Å². The summed E-state index contributed by atoms with van der Waals surface area (Å²) in [5.74, 6) is 0.824. The van der Waals surface area contributed by atoms with Crippen LogP contribution in [0.4, 0.5) is 0 Å². The first-order valence-electron chi connectivity index (χ1n) is 8.88. The standard InChI is InChI=1S/C19H26N4OS/c1-3-23-10-5-8-17(23)13-21-18(24)16-7-4-6-15(12-16)14-25-19-20-9-11-22(19)2/h4,6-7,9,11-12,17H,3,5,8,10,13-14H2,1-2H3,(H,21,24). The highest BCUT2D eigenvalue weighted by Gasteiger charge is 2.23. The first-order chi connectivity index (χ1) is 12.2. The van der Waals surface area contributed by atoms with Crippen LogP contribution in [0.3, 0.4) is 0 Å². The SMILES string of the molecule is CCN1CCCC1CNC(=O)c1cccc(CSc2nccn2C)c1. The van der Waals surface area contributed by atoms with E-state index in [4.69, 9.17) is 0 Å². The van der Waals surface area contributed by atoms with Crippen molar-refractivity contribution in [2.45, 2.75) is 36.7 Å². The van der Waals surface area contributed by atoms with E-state index >= 15 is 0 Å². The summed E-state index contributed by atoms with van der Waals surface area (Å²) in [5.41, 5.74) is 1.87. The molecule has 1 atom stereocenters. The molecule has 2 aromatic rings. The molecule has 1 aromatic carbocycles. The molecule has 1 N–H and O–H groups in total. The van der Waals surface area contributed by atoms with Gasteiger partial charge in [-0.2, -0.15) is 0 Å². The number of likely N-dealkylation sites (tertiary alicyclic amines) is 1. The Kier molecular flexibility index (Phi) is 6.15. The smallest absolute Gasteiger partial charge is 0.251 e. The zero-order valence-corrected chi connectivity index (χ0v) is 15.8. The highest BCUT2D eigenvalue weighted by Crippen LogP contribution is 2.21. The summed E-state index contributed by atoms with van der Waals surface area (Å²) in [6, 6.07) is 8.37. The lowest BCUT2D eigenvalue weighted by atomic mass is 10.1. The van der Waals surface area contributed by atoms with Crippen molar-refractivity contribution in [2.24, 2.45) is 7.05 Å². The molecule has 134 valence electrons. The van der Waals surface area contributed by atoms with Gasteiger partial charge in [0.25, 0.3) is 5.91 Å². The van der Waals surface area contributed by atoms with Crippen molar-refractivity contribution < 1.29 is 4.79 Å². The van der Waals surface area contributed by atoms with E-state index in [9.17, 15) is 4.79 Å². The van der Waals surface area contributed by atoms with Crippen LogP contribution in [-0.4, -0.2) is 46.0 Å². The molecule has 1 aromatic heterocycles. The third kappa shape index (κ3) is 4.64. The third-order valence-electron chi connectivity index (χ3n) is 4.74. The number of likely N-dealkylation sites (N-methyl/N-ethyl adjacent to an activating group) is 1. The van der Waals surface area contributed by atoms with Crippen LogP contribution in [0, 0.1) is 0 Å². The predicted molar refractivity (Wildman–Crippen MR) is 102 cm³/mol. The molecular formula is C19H26N4OS. The number of aromatic nitrogens is 2. The predicted octanol–water partition coefficient (Wildman–Crippen LogP) is 2.93. The number of aryl methyl sites for hydroxylation is 1. The van der Waals surface area contributed by atoms with Gasteiger partial charge in [0.05, 0.1) is 0 Å². The van der Waals surface area contributed by atoms with Gasteiger partial charge in [0.15, 0.2) is 5.16 Å². The Morgan fingerprint density at radius 3 is 3.08 bits per heavy atom. The Balaban J connectivity index is 1.55. The molecule has 6 heteroatoms. The van der Waals surface area contributed by atoms with Crippen molar-refractivity contribution in [2.75, 3.05) is 19.6 Å². The average Bonchev–Trinajstić information content (AvgIpc) is 3.26.